The van der Waals surface area contributed by atoms with E-state index in [1.54, 1.807) is 7.11 Å². The Kier molecular flexibility index (Phi) is 3.39. The van der Waals surface area contributed by atoms with E-state index < -0.39 is 0 Å². The normalized spacial score (nSPS) is 13.7. The first-order valence-corrected chi connectivity index (χ1v) is 6.50. The van der Waals surface area contributed by atoms with Gasteiger partial charge in [-0.3, -0.25) is 0 Å². The monoisotopic (exact) mass is 272 g/mol. The van der Waals surface area contributed by atoms with Gasteiger partial charge in [0.05, 0.1) is 7.11 Å². The molecule has 1 aliphatic rings. The molecule has 1 aliphatic heterocycles. The first-order valence-electron chi connectivity index (χ1n) is 6.50. The molecule has 2 aromatic rings. The van der Waals surface area contributed by atoms with Crippen molar-refractivity contribution < 1.29 is 4.74 Å². The maximum absolute atomic E-state index is 11.6. The minimum absolute atomic E-state index is 0.318. The molecule has 0 saturated carbocycles. The fourth-order valence-electron chi connectivity index (χ4n) is 2.29. The van der Waals surface area contributed by atoms with Crippen LogP contribution >= 0.6 is 0 Å². The van der Waals surface area contributed by atoms with Gasteiger partial charge in [-0.2, -0.15) is 4.98 Å². The van der Waals surface area contributed by atoms with Crippen molar-refractivity contribution in [3.8, 4) is 5.75 Å². The Morgan fingerprint density at radius 2 is 2.10 bits per heavy atom. The Morgan fingerprint density at radius 1 is 1.30 bits per heavy atom. The summed E-state index contributed by atoms with van der Waals surface area (Å²) in [6, 6.07) is 7.51. The molecule has 20 heavy (non-hydrogen) atoms. The largest absolute Gasteiger partial charge is 0.497 e. The number of anilines is 2. The maximum atomic E-state index is 11.6. The van der Waals surface area contributed by atoms with Gasteiger partial charge >= 0.3 is 5.69 Å². The second-order valence-electron chi connectivity index (χ2n) is 4.63. The van der Waals surface area contributed by atoms with E-state index >= 15 is 0 Å². The van der Waals surface area contributed by atoms with Crippen LogP contribution in [-0.2, 0) is 13.0 Å². The summed E-state index contributed by atoms with van der Waals surface area (Å²) in [6.45, 7) is 1.58. The molecule has 1 aromatic carbocycles. The average molecular weight is 272 g/mol. The highest BCUT2D eigenvalue weighted by molar-refractivity contribution is 5.60. The predicted molar refractivity (Wildman–Crippen MR) is 76.5 cm³/mol. The van der Waals surface area contributed by atoms with Crippen molar-refractivity contribution in [1.29, 1.82) is 0 Å². The minimum Gasteiger partial charge on any atom is -0.497 e. The highest BCUT2D eigenvalue weighted by Crippen LogP contribution is 2.23. The minimum atomic E-state index is -0.318. The van der Waals surface area contributed by atoms with Crippen molar-refractivity contribution in [3.05, 3.63) is 46.0 Å². The number of benzene rings is 1. The zero-order chi connectivity index (χ0) is 13.9. The van der Waals surface area contributed by atoms with Gasteiger partial charge in [0.15, 0.2) is 0 Å². The summed E-state index contributed by atoms with van der Waals surface area (Å²) < 4.78 is 5.12. The van der Waals surface area contributed by atoms with Gasteiger partial charge in [-0.1, -0.05) is 0 Å². The van der Waals surface area contributed by atoms with Crippen molar-refractivity contribution in [2.75, 3.05) is 19.0 Å². The zero-order valence-corrected chi connectivity index (χ0v) is 11.2. The molecule has 0 saturated heterocycles. The summed E-state index contributed by atoms with van der Waals surface area (Å²) in [5.41, 5.74) is 2.53. The SMILES string of the molecule is COc1ccc(Nc2nc(=O)[nH]c3c2CNCC3)cc1. The third kappa shape index (κ3) is 2.50. The number of fused-ring (bicyclic) bond motifs is 1. The van der Waals surface area contributed by atoms with Crippen LogP contribution in [-0.4, -0.2) is 23.6 Å². The lowest BCUT2D eigenvalue weighted by Gasteiger charge is -2.19. The molecule has 0 aliphatic carbocycles. The quantitative estimate of drug-likeness (QED) is 0.781. The molecule has 3 N–H and O–H groups in total. The predicted octanol–water partition coefficient (Wildman–Crippen LogP) is 1.17. The number of hydrogen-bond acceptors (Lipinski definition) is 5. The Morgan fingerprint density at radius 3 is 2.85 bits per heavy atom. The van der Waals surface area contributed by atoms with E-state index in [1.807, 2.05) is 24.3 Å². The highest BCUT2D eigenvalue weighted by Gasteiger charge is 2.15. The summed E-state index contributed by atoms with van der Waals surface area (Å²) in [5.74, 6) is 1.40. The maximum Gasteiger partial charge on any atom is 0.347 e. The molecule has 0 amide bonds. The van der Waals surface area contributed by atoms with Crippen LogP contribution < -0.4 is 21.1 Å². The first kappa shape index (κ1) is 12.7. The number of aromatic nitrogens is 2. The van der Waals surface area contributed by atoms with Crippen molar-refractivity contribution in [2.45, 2.75) is 13.0 Å². The molecule has 6 heteroatoms. The molecule has 0 spiro atoms. The zero-order valence-electron chi connectivity index (χ0n) is 11.2. The molecular weight excluding hydrogens is 256 g/mol. The molecule has 0 atom stereocenters. The Balaban J connectivity index is 1.93. The van der Waals surface area contributed by atoms with Gasteiger partial charge in [-0.25, -0.2) is 4.79 Å². The van der Waals surface area contributed by atoms with Crippen molar-refractivity contribution >= 4 is 11.5 Å². The van der Waals surface area contributed by atoms with Gasteiger partial charge in [0.1, 0.15) is 11.6 Å². The third-order valence-corrected chi connectivity index (χ3v) is 3.33. The van der Waals surface area contributed by atoms with Gasteiger partial charge in [0.25, 0.3) is 0 Å². The molecule has 0 fully saturated rings. The lowest BCUT2D eigenvalue weighted by Crippen LogP contribution is -2.29. The van der Waals surface area contributed by atoms with E-state index in [0.717, 1.165) is 35.7 Å². The van der Waals surface area contributed by atoms with Crippen LogP contribution in [0.15, 0.2) is 29.1 Å². The number of aromatic amines is 1. The molecule has 1 aromatic heterocycles. The highest BCUT2D eigenvalue weighted by atomic mass is 16.5. The Labute approximate surface area is 116 Å². The number of rotatable bonds is 3. The molecule has 0 bridgehead atoms. The van der Waals surface area contributed by atoms with Crippen LogP contribution in [0.1, 0.15) is 11.3 Å². The average Bonchev–Trinajstić information content (AvgIpc) is 2.48. The van der Waals surface area contributed by atoms with E-state index in [4.69, 9.17) is 4.74 Å². The van der Waals surface area contributed by atoms with Crippen molar-refractivity contribution in [1.82, 2.24) is 15.3 Å². The van der Waals surface area contributed by atoms with Crippen LogP contribution in [0.25, 0.3) is 0 Å². The molecule has 0 unspecified atom stereocenters. The van der Waals surface area contributed by atoms with Crippen molar-refractivity contribution in [3.63, 3.8) is 0 Å². The molecular formula is C14H16N4O2. The summed E-state index contributed by atoms with van der Waals surface area (Å²) in [7, 11) is 1.63. The number of methoxy groups -OCH3 is 1. The van der Waals surface area contributed by atoms with E-state index in [1.165, 1.54) is 0 Å². The number of hydrogen-bond donors (Lipinski definition) is 3. The second-order valence-corrected chi connectivity index (χ2v) is 4.63. The molecule has 0 radical (unpaired) electrons. The van der Waals surface area contributed by atoms with E-state index in [2.05, 4.69) is 20.6 Å². The van der Waals surface area contributed by atoms with Crippen molar-refractivity contribution in [2.24, 2.45) is 0 Å². The van der Waals surface area contributed by atoms with E-state index in [0.29, 0.717) is 12.4 Å². The summed E-state index contributed by atoms with van der Waals surface area (Å²) in [6.07, 6.45) is 0.810. The Hall–Kier alpha value is -2.34. The van der Waals surface area contributed by atoms with E-state index in [-0.39, 0.29) is 5.69 Å². The van der Waals surface area contributed by atoms with Crippen LogP contribution in [0.5, 0.6) is 5.75 Å². The van der Waals surface area contributed by atoms with Gasteiger partial charge in [-0.05, 0) is 24.3 Å². The Bertz CT molecular complexity index is 664. The van der Waals surface area contributed by atoms with Crippen LogP contribution in [0.4, 0.5) is 11.5 Å². The smallest absolute Gasteiger partial charge is 0.347 e. The van der Waals surface area contributed by atoms with E-state index in [9.17, 15) is 4.79 Å². The van der Waals surface area contributed by atoms with Gasteiger partial charge in [0, 0.05) is 36.5 Å². The van der Waals surface area contributed by atoms with Crippen LogP contribution in [0.3, 0.4) is 0 Å². The van der Waals surface area contributed by atoms with Gasteiger partial charge in [-0.15, -0.1) is 0 Å². The lowest BCUT2D eigenvalue weighted by molar-refractivity contribution is 0.415. The van der Waals surface area contributed by atoms with Crippen LogP contribution in [0.2, 0.25) is 0 Å². The number of nitrogens with one attached hydrogen (secondary N) is 3. The molecule has 104 valence electrons. The fourth-order valence-corrected chi connectivity index (χ4v) is 2.29. The number of nitrogens with zero attached hydrogens (tertiary/aromatic N) is 1. The summed E-state index contributed by atoms with van der Waals surface area (Å²) in [5, 5.41) is 6.48. The lowest BCUT2D eigenvalue weighted by atomic mass is 10.1. The number of ether oxygens (including phenoxy) is 1. The number of H-pyrrole nitrogens is 1. The second kappa shape index (κ2) is 5.34. The van der Waals surface area contributed by atoms with Crippen LogP contribution in [0, 0.1) is 0 Å². The summed E-state index contributed by atoms with van der Waals surface area (Å²) in [4.78, 5) is 18.4. The van der Waals surface area contributed by atoms with Gasteiger partial charge in [0.2, 0.25) is 0 Å². The van der Waals surface area contributed by atoms with Gasteiger partial charge < -0.3 is 20.4 Å². The third-order valence-electron chi connectivity index (χ3n) is 3.33. The standard InChI is InChI=1S/C14H16N4O2/c1-20-10-4-2-9(3-5-10)16-13-11-8-15-7-6-12(11)17-14(19)18-13/h2-5,15H,6-8H2,1H3,(H2,16,17,18,19). The molecule has 2 heterocycles. The molecule has 6 nitrogen and oxygen atoms in total. The molecule has 3 rings (SSSR count). The fraction of sp³-hybridized carbons (Fsp3) is 0.286. The topological polar surface area (TPSA) is 79.0 Å². The summed E-state index contributed by atoms with van der Waals surface area (Å²) >= 11 is 0. The first-order chi connectivity index (χ1) is 9.76.